The van der Waals surface area contributed by atoms with Crippen molar-refractivity contribution in [3.05, 3.63) is 41.2 Å². The Labute approximate surface area is 118 Å². The molecule has 0 radical (unpaired) electrons. The molecular formula is C14H20N4O2. The van der Waals surface area contributed by atoms with Gasteiger partial charge in [0.15, 0.2) is 0 Å². The molecule has 0 aliphatic rings. The number of benzene rings is 1. The Morgan fingerprint density at radius 2 is 2.00 bits per heavy atom. The summed E-state index contributed by atoms with van der Waals surface area (Å²) < 4.78 is 12.5. The third-order valence-corrected chi connectivity index (χ3v) is 3.25. The highest BCUT2D eigenvalue weighted by Gasteiger charge is 2.21. The van der Waals surface area contributed by atoms with Gasteiger partial charge in [0.2, 0.25) is 0 Å². The fourth-order valence-corrected chi connectivity index (χ4v) is 2.29. The number of aryl methyl sites for hydroxylation is 2. The lowest BCUT2D eigenvalue weighted by molar-refractivity contribution is 0.386. The van der Waals surface area contributed by atoms with E-state index in [4.69, 9.17) is 15.3 Å². The fourth-order valence-electron chi connectivity index (χ4n) is 2.29. The van der Waals surface area contributed by atoms with Crippen LogP contribution >= 0.6 is 0 Å². The number of aromatic nitrogens is 2. The number of hydrogen-bond donors (Lipinski definition) is 2. The molecule has 20 heavy (non-hydrogen) atoms. The normalized spacial score (nSPS) is 12.2. The van der Waals surface area contributed by atoms with Crippen LogP contribution in [0.2, 0.25) is 0 Å². The van der Waals surface area contributed by atoms with Gasteiger partial charge in [0.25, 0.3) is 0 Å². The molecule has 1 aromatic carbocycles. The number of hydrogen-bond acceptors (Lipinski definition) is 5. The largest absolute Gasteiger partial charge is 0.497 e. The van der Waals surface area contributed by atoms with Crippen LogP contribution in [-0.2, 0) is 7.05 Å². The number of nitrogens with two attached hydrogens (primary N) is 1. The summed E-state index contributed by atoms with van der Waals surface area (Å²) in [4.78, 5) is 0. The van der Waals surface area contributed by atoms with E-state index < -0.39 is 0 Å². The molecule has 0 aliphatic heterocycles. The van der Waals surface area contributed by atoms with Crippen molar-refractivity contribution in [2.45, 2.75) is 13.0 Å². The van der Waals surface area contributed by atoms with Crippen molar-refractivity contribution in [2.24, 2.45) is 12.9 Å². The Bertz CT molecular complexity index is 595. The van der Waals surface area contributed by atoms with Gasteiger partial charge >= 0.3 is 0 Å². The van der Waals surface area contributed by atoms with E-state index in [0.29, 0.717) is 5.75 Å². The second-order valence-corrected chi connectivity index (χ2v) is 4.54. The quantitative estimate of drug-likeness (QED) is 0.636. The van der Waals surface area contributed by atoms with E-state index in [9.17, 15) is 0 Å². The molecule has 6 nitrogen and oxygen atoms in total. The van der Waals surface area contributed by atoms with Gasteiger partial charge in [-0.2, -0.15) is 5.10 Å². The van der Waals surface area contributed by atoms with E-state index in [-0.39, 0.29) is 6.04 Å². The molecule has 0 aliphatic carbocycles. The van der Waals surface area contributed by atoms with E-state index in [1.54, 1.807) is 14.2 Å². The third kappa shape index (κ3) is 2.61. The maximum absolute atomic E-state index is 5.73. The highest BCUT2D eigenvalue weighted by atomic mass is 16.5. The molecule has 0 amide bonds. The van der Waals surface area contributed by atoms with Crippen LogP contribution in [0.4, 0.5) is 0 Å². The van der Waals surface area contributed by atoms with Gasteiger partial charge in [0.05, 0.1) is 31.6 Å². The number of methoxy groups -OCH3 is 2. The summed E-state index contributed by atoms with van der Waals surface area (Å²) in [6.45, 7) is 1.95. The van der Waals surface area contributed by atoms with Crippen molar-refractivity contribution in [3.8, 4) is 11.5 Å². The van der Waals surface area contributed by atoms with Gasteiger partial charge in [-0.15, -0.1) is 0 Å². The van der Waals surface area contributed by atoms with E-state index in [1.807, 2.05) is 42.9 Å². The zero-order valence-electron chi connectivity index (χ0n) is 12.2. The van der Waals surface area contributed by atoms with Crippen LogP contribution in [0.25, 0.3) is 0 Å². The van der Waals surface area contributed by atoms with E-state index in [1.165, 1.54) is 0 Å². The molecule has 0 saturated carbocycles. The monoisotopic (exact) mass is 276 g/mol. The molecule has 6 heteroatoms. The Hall–Kier alpha value is -2.05. The molecule has 1 aromatic heterocycles. The van der Waals surface area contributed by atoms with Crippen LogP contribution in [-0.4, -0.2) is 24.0 Å². The molecule has 0 bridgehead atoms. The zero-order chi connectivity index (χ0) is 14.7. The first-order valence-corrected chi connectivity index (χ1v) is 6.29. The average Bonchev–Trinajstić information content (AvgIpc) is 2.79. The first kappa shape index (κ1) is 14.4. The third-order valence-electron chi connectivity index (χ3n) is 3.25. The summed E-state index contributed by atoms with van der Waals surface area (Å²) in [6.07, 6.45) is 0. The number of rotatable bonds is 5. The molecule has 1 unspecified atom stereocenters. The summed E-state index contributed by atoms with van der Waals surface area (Å²) in [5.74, 6) is 7.18. The molecule has 0 spiro atoms. The first-order valence-electron chi connectivity index (χ1n) is 6.29. The Kier molecular flexibility index (Phi) is 4.26. The molecule has 108 valence electrons. The summed E-state index contributed by atoms with van der Waals surface area (Å²) in [5.41, 5.74) is 5.65. The molecular weight excluding hydrogens is 256 g/mol. The summed E-state index contributed by atoms with van der Waals surface area (Å²) >= 11 is 0. The second-order valence-electron chi connectivity index (χ2n) is 4.54. The smallest absolute Gasteiger partial charge is 0.127 e. The van der Waals surface area contributed by atoms with Crippen LogP contribution in [0.3, 0.4) is 0 Å². The first-order chi connectivity index (χ1) is 9.60. The topological polar surface area (TPSA) is 74.3 Å². The number of ether oxygens (including phenoxy) is 2. The van der Waals surface area contributed by atoms with Gasteiger partial charge < -0.3 is 9.47 Å². The van der Waals surface area contributed by atoms with Crippen molar-refractivity contribution < 1.29 is 9.47 Å². The van der Waals surface area contributed by atoms with Gasteiger partial charge in [-0.05, 0) is 25.1 Å². The predicted octanol–water partition coefficient (Wildman–Crippen LogP) is 1.30. The van der Waals surface area contributed by atoms with Gasteiger partial charge in [-0.25, -0.2) is 5.43 Å². The molecule has 3 N–H and O–H groups in total. The second kappa shape index (κ2) is 5.94. The molecule has 1 heterocycles. The highest BCUT2D eigenvalue weighted by molar-refractivity contribution is 5.45. The minimum absolute atomic E-state index is 0.206. The number of nitrogens with one attached hydrogen (secondary N) is 1. The van der Waals surface area contributed by atoms with E-state index in [2.05, 4.69) is 10.5 Å². The Morgan fingerprint density at radius 1 is 1.25 bits per heavy atom. The molecule has 0 fully saturated rings. The van der Waals surface area contributed by atoms with Crippen LogP contribution in [0.15, 0.2) is 24.3 Å². The Balaban J connectivity index is 2.49. The zero-order valence-corrected chi connectivity index (χ0v) is 12.2. The summed E-state index contributed by atoms with van der Waals surface area (Å²) in [7, 11) is 5.14. The number of hydrazine groups is 1. The molecule has 2 rings (SSSR count). The summed E-state index contributed by atoms with van der Waals surface area (Å²) in [6, 6.07) is 7.44. The van der Waals surface area contributed by atoms with Crippen molar-refractivity contribution in [2.75, 3.05) is 14.2 Å². The van der Waals surface area contributed by atoms with E-state index in [0.717, 1.165) is 22.7 Å². The SMILES string of the molecule is COc1ccc(C(NN)c2cc(C)nn2C)c(OC)c1. The molecule has 0 saturated heterocycles. The lowest BCUT2D eigenvalue weighted by Crippen LogP contribution is -2.30. The standard InChI is InChI=1S/C14H20N4O2/c1-9-7-12(18(2)17-9)14(16-15)11-6-5-10(19-3)8-13(11)20-4/h5-8,14,16H,15H2,1-4H3. The lowest BCUT2D eigenvalue weighted by Gasteiger charge is -2.19. The average molecular weight is 276 g/mol. The van der Waals surface area contributed by atoms with Gasteiger partial charge in [-0.1, -0.05) is 0 Å². The molecule has 1 atom stereocenters. The van der Waals surface area contributed by atoms with Gasteiger partial charge in [0, 0.05) is 18.7 Å². The van der Waals surface area contributed by atoms with Gasteiger partial charge in [-0.3, -0.25) is 10.5 Å². The van der Waals surface area contributed by atoms with Crippen LogP contribution in [0.1, 0.15) is 23.0 Å². The fraction of sp³-hybridized carbons (Fsp3) is 0.357. The predicted molar refractivity (Wildman–Crippen MR) is 76.7 cm³/mol. The minimum atomic E-state index is -0.206. The van der Waals surface area contributed by atoms with Gasteiger partial charge in [0.1, 0.15) is 11.5 Å². The maximum atomic E-state index is 5.73. The lowest BCUT2D eigenvalue weighted by atomic mass is 10.0. The van der Waals surface area contributed by atoms with Crippen molar-refractivity contribution >= 4 is 0 Å². The van der Waals surface area contributed by atoms with Crippen molar-refractivity contribution in [3.63, 3.8) is 0 Å². The van der Waals surface area contributed by atoms with Crippen molar-refractivity contribution in [1.82, 2.24) is 15.2 Å². The van der Waals surface area contributed by atoms with E-state index >= 15 is 0 Å². The maximum Gasteiger partial charge on any atom is 0.127 e. The molecule has 2 aromatic rings. The minimum Gasteiger partial charge on any atom is -0.497 e. The Morgan fingerprint density at radius 3 is 2.50 bits per heavy atom. The number of nitrogens with zero attached hydrogens (tertiary/aromatic N) is 2. The van der Waals surface area contributed by atoms with Crippen LogP contribution in [0.5, 0.6) is 11.5 Å². The van der Waals surface area contributed by atoms with Crippen LogP contribution in [0, 0.1) is 6.92 Å². The summed E-state index contributed by atoms with van der Waals surface area (Å²) in [5, 5.41) is 4.35. The van der Waals surface area contributed by atoms with Crippen LogP contribution < -0.4 is 20.7 Å². The van der Waals surface area contributed by atoms with Crippen molar-refractivity contribution in [1.29, 1.82) is 0 Å². The highest BCUT2D eigenvalue weighted by Crippen LogP contribution is 2.32.